The lowest BCUT2D eigenvalue weighted by Crippen LogP contribution is -2.35. The van der Waals surface area contributed by atoms with Crippen LogP contribution in [0.2, 0.25) is 0 Å². The maximum Gasteiger partial charge on any atom is 0.306 e. The van der Waals surface area contributed by atoms with Crippen molar-refractivity contribution in [3.05, 3.63) is 52.6 Å². The summed E-state index contributed by atoms with van der Waals surface area (Å²) in [6.07, 6.45) is -0.245. The average molecular weight is 469 g/mol. The fourth-order valence-corrected chi connectivity index (χ4v) is 3.59. The van der Waals surface area contributed by atoms with Crippen molar-refractivity contribution in [2.45, 2.75) is 33.6 Å². The quantitative estimate of drug-likeness (QED) is 0.429. The standard InChI is InChI=1S/C25H28N2O7/c1-15-10-16(2)25(17(3)11-15)27-22(29)13-26-23(30)14-34-24(31)7-5-19(28)18-4-6-20-21(12-18)33-9-8-32-20/h4,6,10-12H,5,7-9,13-14H2,1-3H3,(H,26,30)(H,27,29). The highest BCUT2D eigenvalue weighted by Gasteiger charge is 2.17. The first kappa shape index (κ1) is 24.8. The van der Waals surface area contributed by atoms with Crippen LogP contribution >= 0.6 is 0 Å². The Morgan fingerprint density at radius 3 is 2.26 bits per heavy atom. The molecule has 1 aliphatic rings. The Kier molecular flexibility index (Phi) is 8.24. The Hall–Kier alpha value is -3.88. The summed E-state index contributed by atoms with van der Waals surface area (Å²) in [7, 11) is 0. The maximum absolute atomic E-state index is 12.3. The van der Waals surface area contributed by atoms with Crippen LogP contribution in [0.15, 0.2) is 30.3 Å². The van der Waals surface area contributed by atoms with Gasteiger partial charge in [-0.2, -0.15) is 0 Å². The molecule has 0 saturated heterocycles. The molecule has 0 aliphatic carbocycles. The van der Waals surface area contributed by atoms with Gasteiger partial charge >= 0.3 is 5.97 Å². The van der Waals surface area contributed by atoms with Crippen molar-refractivity contribution >= 4 is 29.3 Å². The number of benzene rings is 2. The van der Waals surface area contributed by atoms with Crippen LogP contribution in [-0.4, -0.2) is 49.9 Å². The smallest absolute Gasteiger partial charge is 0.306 e. The van der Waals surface area contributed by atoms with Crippen LogP contribution in [0.4, 0.5) is 5.69 Å². The minimum absolute atomic E-state index is 0.0717. The topological polar surface area (TPSA) is 120 Å². The Labute approximate surface area is 197 Å². The third-order valence-electron chi connectivity index (χ3n) is 5.17. The van der Waals surface area contributed by atoms with Crippen molar-refractivity contribution in [2.24, 2.45) is 0 Å². The van der Waals surface area contributed by atoms with Crippen molar-refractivity contribution in [2.75, 3.05) is 31.7 Å². The number of aryl methyl sites for hydroxylation is 3. The SMILES string of the molecule is Cc1cc(C)c(NC(=O)CNC(=O)COC(=O)CCC(=O)c2ccc3c(c2)OCCO3)c(C)c1. The van der Waals surface area contributed by atoms with Gasteiger partial charge < -0.3 is 24.8 Å². The van der Waals surface area contributed by atoms with E-state index < -0.39 is 18.5 Å². The number of hydrogen-bond donors (Lipinski definition) is 2. The van der Waals surface area contributed by atoms with E-state index in [-0.39, 0.29) is 31.1 Å². The molecule has 180 valence electrons. The molecule has 0 spiro atoms. The number of Topliss-reactive ketones (excluding diaryl/α,β-unsaturated/α-hetero) is 1. The van der Waals surface area contributed by atoms with Crippen LogP contribution in [0.3, 0.4) is 0 Å². The first-order chi connectivity index (χ1) is 16.2. The number of amides is 2. The summed E-state index contributed by atoms with van der Waals surface area (Å²) in [5, 5.41) is 5.18. The van der Waals surface area contributed by atoms with E-state index in [1.807, 2.05) is 32.9 Å². The summed E-state index contributed by atoms with van der Waals surface area (Å²) in [4.78, 5) is 48.3. The van der Waals surface area contributed by atoms with Gasteiger partial charge in [-0.15, -0.1) is 0 Å². The van der Waals surface area contributed by atoms with E-state index in [4.69, 9.17) is 14.2 Å². The molecule has 1 aliphatic heterocycles. The molecule has 2 aromatic rings. The lowest BCUT2D eigenvalue weighted by Gasteiger charge is -2.18. The zero-order valence-electron chi connectivity index (χ0n) is 19.5. The number of esters is 1. The summed E-state index contributed by atoms with van der Waals surface area (Å²) in [6.45, 7) is 5.83. The van der Waals surface area contributed by atoms with Gasteiger partial charge in [-0.05, 0) is 50.1 Å². The monoisotopic (exact) mass is 468 g/mol. The van der Waals surface area contributed by atoms with Crippen molar-refractivity contribution in [1.29, 1.82) is 0 Å². The van der Waals surface area contributed by atoms with Gasteiger partial charge in [0.05, 0.1) is 13.0 Å². The number of carbonyl (C=O) groups is 4. The lowest BCUT2D eigenvalue weighted by atomic mass is 10.1. The molecule has 0 atom stereocenters. The van der Waals surface area contributed by atoms with Crippen LogP contribution in [0, 0.1) is 20.8 Å². The zero-order chi connectivity index (χ0) is 24.7. The number of ether oxygens (including phenoxy) is 3. The average Bonchev–Trinajstić information content (AvgIpc) is 2.81. The van der Waals surface area contributed by atoms with Gasteiger partial charge in [0.1, 0.15) is 13.2 Å². The highest BCUT2D eigenvalue weighted by molar-refractivity contribution is 5.98. The largest absolute Gasteiger partial charge is 0.486 e. The summed E-state index contributed by atoms with van der Waals surface area (Å²) in [6, 6.07) is 8.76. The Bertz CT molecular complexity index is 1090. The summed E-state index contributed by atoms with van der Waals surface area (Å²) in [5.41, 5.74) is 4.06. The molecular formula is C25H28N2O7. The van der Waals surface area contributed by atoms with E-state index >= 15 is 0 Å². The molecule has 0 aromatic heterocycles. The minimum atomic E-state index is -0.684. The van der Waals surface area contributed by atoms with E-state index in [0.29, 0.717) is 36.0 Å². The number of fused-ring (bicyclic) bond motifs is 1. The van der Waals surface area contributed by atoms with Crippen molar-refractivity contribution in [3.8, 4) is 11.5 Å². The first-order valence-corrected chi connectivity index (χ1v) is 11.0. The van der Waals surface area contributed by atoms with Gasteiger partial charge in [-0.3, -0.25) is 19.2 Å². The molecule has 2 N–H and O–H groups in total. The number of hydrogen-bond acceptors (Lipinski definition) is 7. The van der Waals surface area contributed by atoms with Gasteiger partial charge in [-0.1, -0.05) is 17.7 Å². The second-order valence-corrected chi connectivity index (χ2v) is 8.04. The number of carbonyl (C=O) groups excluding carboxylic acids is 4. The maximum atomic E-state index is 12.3. The summed E-state index contributed by atoms with van der Waals surface area (Å²) >= 11 is 0. The molecule has 2 aromatic carbocycles. The number of ketones is 1. The highest BCUT2D eigenvalue weighted by atomic mass is 16.6. The van der Waals surface area contributed by atoms with Crippen molar-refractivity contribution in [3.63, 3.8) is 0 Å². The van der Waals surface area contributed by atoms with Crippen LogP contribution in [-0.2, 0) is 19.1 Å². The molecule has 0 radical (unpaired) electrons. The molecule has 9 nitrogen and oxygen atoms in total. The Balaban J connectivity index is 1.36. The minimum Gasteiger partial charge on any atom is -0.486 e. The fraction of sp³-hybridized carbons (Fsp3) is 0.360. The van der Waals surface area contributed by atoms with Crippen LogP contribution in [0.1, 0.15) is 39.9 Å². The molecule has 0 fully saturated rings. The van der Waals surface area contributed by atoms with Gasteiger partial charge in [0.25, 0.3) is 5.91 Å². The molecule has 2 amide bonds. The number of rotatable bonds is 9. The van der Waals surface area contributed by atoms with E-state index in [1.54, 1.807) is 18.2 Å². The molecule has 0 saturated carbocycles. The Morgan fingerprint density at radius 2 is 1.56 bits per heavy atom. The predicted octanol–water partition coefficient (Wildman–Crippen LogP) is 2.64. The molecule has 1 heterocycles. The normalized spacial score (nSPS) is 12.0. The van der Waals surface area contributed by atoms with Crippen LogP contribution in [0.25, 0.3) is 0 Å². The van der Waals surface area contributed by atoms with Crippen LogP contribution in [0.5, 0.6) is 11.5 Å². The first-order valence-electron chi connectivity index (χ1n) is 11.0. The third kappa shape index (κ3) is 6.81. The fourth-order valence-electron chi connectivity index (χ4n) is 3.59. The second kappa shape index (κ2) is 11.3. The molecule has 9 heteroatoms. The summed E-state index contributed by atoms with van der Waals surface area (Å²) in [5.74, 6) is -0.869. The van der Waals surface area contributed by atoms with Gasteiger partial charge in [0.15, 0.2) is 23.9 Å². The second-order valence-electron chi connectivity index (χ2n) is 8.04. The van der Waals surface area contributed by atoms with Gasteiger partial charge in [0.2, 0.25) is 5.91 Å². The number of nitrogens with one attached hydrogen (secondary N) is 2. The molecule has 0 bridgehead atoms. The van der Waals surface area contributed by atoms with E-state index in [2.05, 4.69) is 10.6 Å². The molecule has 34 heavy (non-hydrogen) atoms. The molecule has 0 unspecified atom stereocenters. The van der Waals surface area contributed by atoms with Gasteiger partial charge in [0, 0.05) is 17.7 Å². The summed E-state index contributed by atoms with van der Waals surface area (Å²) < 4.78 is 15.8. The number of anilines is 1. The third-order valence-corrected chi connectivity index (χ3v) is 5.17. The highest BCUT2D eigenvalue weighted by Crippen LogP contribution is 2.31. The predicted molar refractivity (Wildman–Crippen MR) is 124 cm³/mol. The van der Waals surface area contributed by atoms with E-state index in [0.717, 1.165) is 16.7 Å². The van der Waals surface area contributed by atoms with Crippen molar-refractivity contribution < 1.29 is 33.4 Å². The molecule has 3 rings (SSSR count). The van der Waals surface area contributed by atoms with E-state index in [9.17, 15) is 19.2 Å². The van der Waals surface area contributed by atoms with E-state index in [1.165, 1.54) is 0 Å². The van der Waals surface area contributed by atoms with Gasteiger partial charge in [-0.25, -0.2) is 0 Å². The molecular weight excluding hydrogens is 440 g/mol. The lowest BCUT2D eigenvalue weighted by molar-refractivity contribution is -0.148. The zero-order valence-corrected chi connectivity index (χ0v) is 19.5. The Morgan fingerprint density at radius 1 is 0.882 bits per heavy atom. The van der Waals surface area contributed by atoms with Crippen molar-refractivity contribution in [1.82, 2.24) is 5.32 Å². The van der Waals surface area contributed by atoms with Crippen LogP contribution < -0.4 is 20.1 Å².